The number of para-hydroxylation sites is 1. The van der Waals surface area contributed by atoms with Crippen molar-refractivity contribution >= 4 is 33.8 Å². The maximum atomic E-state index is 12.7. The van der Waals surface area contributed by atoms with Gasteiger partial charge in [0.05, 0.1) is 17.6 Å². The number of nitriles is 1. The number of pyridine rings is 1. The van der Waals surface area contributed by atoms with E-state index in [0.29, 0.717) is 38.3 Å². The van der Waals surface area contributed by atoms with Crippen LogP contribution in [0.25, 0.3) is 10.9 Å². The zero-order valence-electron chi connectivity index (χ0n) is 15.6. The lowest BCUT2D eigenvalue weighted by molar-refractivity contribution is -0.130. The van der Waals surface area contributed by atoms with Crippen molar-refractivity contribution in [3.8, 4) is 6.07 Å². The van der Waals surface area contributed by atoms with Crippen molar-refractivity contribution in [2.75, 3.05) is 31.1 Å². The number of rotatable bonds is 3. The number of piperazine rings is 1. The quantitative estimate of drug-likeness (QED) is 0.686. The summed E-state index contributed by atoms with van der Waals surface area (Å²) < 4.78 is 1.53. The Kier molecular flexibility index (Phi) is 4.88. The van der Waals surface area contributed by atoms with Crippen LogP contribution in [0.4, 0.5) is 5.69 Å². The molecule has 4 rings (SSSR count). The summed E-state index contributed by atoms with van der Waals surface area (Å²) in [7, 11) is 1.69. The number of thiophene rings is 1. The number of aromatic nitrogens is 1. The molecule has 142 valence electrons. The molecule has 0 atom stereocenters. The number of nitrogens with zero attached hydrogens (tertiary/aromatic N) is 4. The zero-order chi connectivity index (χ0) is 19.7. The van der Waals surface area contributed by atoms with Gasteiger partial charge in [-0.3, -0.25) is 9.59 Å². The summed E-state index contributed by atoms with van der Waals surface area (Å²) in [5, 5.41) is 12.5. The summed E-state index contributed by atoms with van der Waals surface area (Å²) in [6, 6.07) is 13.7. The van der Waals surface area contributed by atoms with E-state index in [4.69, 9.17) is 0 Å². The third-order valence-electron chi connectivity index (χ3n) is 5.24. The predicted molar refractivity (Wildman–Crippen MR) is 111 cm³/mol. The number of benzene rings is 1. The van der Waals surface area contributed by atoms with Crippen molar-refractivity contribution in [3.63, 3.8) is 0 Å². The Morgan fingerprint density at radius 1 is 1.14 bits per heavy atom. The number of hydrogen-bond acceptors (Lipinski definition) is 5. The summed E-state index contributed by atoms with van der Waals surface area (Å²) in [6.07, 6.45) is 0.427. The van der Waals surface area contributed by atoms with E-state index >= 15 is 0 Å². The van der Waals surface area contributed by atoms with Gasteiger partial charge in [0.2, 0.25) is 5.91 Å². The average Bonchev–Trinajstić information content (AvgIpc) is 3.23. The second-order valence-electron chi connectivity index (χ2n) is 6.84. The Labute approximate surface area is 166 Å². The molecule has 1 saturated heterocycles. The second-order valence-corrected chi connectivity index (χ2v) is 7.87. The third kappa shape index (κ3) is 3.16. The van der Waals surface area contributed by atoms with E-state index in [0.717, 1.165) is 15.8 Å². The monoisotopic (exact) mass is 392 g/mol. The van der Waals surface area contributed by atoms with Gasteiger partial charge >= 0.3 is 0 Å². The SMILES string of the molecule is Cn1c(=O)c(C#N)c(N2CCN(C(=O)Cc3cccs3)CC2)c2ccccc21. The van der Waals surface area contributed by atoms with E-state index in [1.165, 1.54) is 4.57 Å². The lowest BCUT2D eigenvalue weighted by Crippen LogP contribution is -2.49. The Morgan fingerprint density at radius 3 is 2.57 bits per heavy atom. The molecular weight excluding hydrogens is 372 g/mol. The number of hydrogen-bond donors (Lipinski definition) is 0. The molecule has 7 heteroatoms. The van der Waals surface area contributed by atoms with Crippen LogP contribution in [0.2, 0.25) is 0 Å². The van der Waals surface area contributed by atoms with Crippen LogP contribution >= 0.6 is 11.3 Å². The summed E-state index contributed by atoms with van der Waals surface area (Å²) in [6.45, 7) is 2.36. The highest BCUT2D eigenvalue weighted by molar-refractivity contribution is 7.10. The summed E-state index contributed by atoms with van der Waals surface area (Å²) in [5.41, 5.74) is 1.37. The molecule has 28 heavy (non-hydrogen) atoms. The number of carbonyl (C=O) groups excluding carboxylic acids is 1. The van der Waals surface area contributed by atoms with Crippen LogP contribution in [-0.4, -0.2) is 41.6 Å². The van der Waals surface area contributed by atoms with Crippen LogP contribution in [0.3, 0.4) is 0 Å². The van der Waals surface area contributed by atoms with Crippen molar-refractivity contribution in [2.45, 2.75) is 6.42 Å². The molecule has 3 aromatic rings. The molecule has 0 unspecified atom stereocenters. The maximum Gasteiger partial charge on any atom is 0.270 e. The highest BCUT2D eigenvalue weighted by Crippen LogP contribution is 2.29. The van der Waals surface area contributed by atoms with Crippen LogP contribution in [0, 0.1) is 11.3 Å². The standard InChI is InChI=1S/C21H20N4O2S/c1-23-18-7-3-2-6-16(18)20(17(14-22)21(23)27)25-10-8-24(9-11-25)19(26)13-15-5-4-12-28-15/h2-7,12H,8-11,13H2,1H3. The second kappa shape index (κ2) is 7.49. The molecule has 1 aliphatic heterocycles. The van der Waals surface area contributed by atoms with E-state index in [2.05, 4.69) is 11.0 Å². The summed E-state index contributed by atoms with van der Waals surface area (Å²) in [4.78, 5) is 30.2. The molecule has 0 spiro atoms. The van der Waals surface area contributed by atoms with Gasteiger partial charge in [-0.1, -0.05) is 24.3 Å². The van der Waals surface area contributed by atoms with E-state index in [-0.39, 0.29) is 17.0 Å². The first-order valence-corrected chi connectivity index (χ1v) is 10.0. The van der Waals surface area contributed by atoms with E-state index in [9.17, 15) is 14.9 Å². The largest absolute Gasteiger partial charge is 0.366 e. The molecule has 0 bridgehead atoms. The topological polar surface area (TPSA) is 69.3 Å². The molecule has 2 aromatic heterocycles. The fourth-order valence-electron chi connectivity index (χ4n) is 3.76. The van der Waals surface area contributed by atoms with Crippen molar-refractivity contribution in [1.29, 1.82) is 5.26 Å². The van der Waals surface area contributed by atoms with Gasteiger partial charge in [0.25, 0.3) is 5.56 Å². The highest BCUT2D eigenvalue weighted by Gasteiger charge is 2.26. The fraction of sp³-hybridized carbons (Fsp3) is 0.286. The lowest BCUT2D eigenvalue weighted by atomic mass is 10.1. The Morgan fingerprint density at radius 2 is 1.89 bits per heavy atom. The van der Waals surface area contributed by atoms with Crippen molar-refractivity contribution < 1.29 is 4.79 Å². The van der Waals surface area contributed by atoms with Gasteiger partial charge in [0.1, 0.15) is 11.6 Å². The van der Waals surface area contributed by atoms with Gasteiger partial charge < -0.3 is 14.4 Å². The Bertz CT molecular complexity index is 1120. The number of fused-ring (bicyclic) bond motifs is 1. The zero-order valence-corrected chi connectivity index (χ0v) is 16.4. The molecule has 3 heterocycles. The molecule has 0 N–H and O–H groups in total. The van der Waals surface area contributed by atoms with Gasteiger partial charge in [-0.15, -0.1) is 11.3 Å². The van der Waals surface area contributed by atoms with Crippen LogP contribution < -0.4 is 10.5 Å². The first kappa shape index (κ1) is 18.3. The van der Waals surface area contributed by atoms with Crippen molar-refractivity contribution in [1.82, 2.24) is 9.47 Å². The molecular formula is C21H20N4O2S. The highest BCUT2D eigenvalue weighted by atomic mass is 32.1. The van der Waals surface area contributed by atoms with Crippen LogP contribution in [0.1, 0.15) is 10.4 Å². The van der Waals surface area contributed by atoms with E-state index < -0.39 is 0 Å². The minimum absolute atomic E-state index is 0.122. The normalized spacial score (nSPS) is 14.3. The predicted octanol–water partition coefficient (Wildman–Crippen LogP) is 2.36. The molecule has 1 amide bonds. The average molecular weight is 392 g/mol. The van der Waals surface area contributed by atoms with Gasteiger partial charge in [-0.25, -0.2) is 0 Å². The molecule has 0 saturated carbocycles. The lowest BCUT2D eigenvalue weighted by Gasteiger charge is -2.37. The first-order valence-electron chi connectivity index (χ1n) is 9.17. The Hall–Kier alpha value is -3.11. The number of amides is 1. The number of carbonyl (C=O) groups is 1. The fourth-order valence-corrected chi connectivity index (χ4v) is 4.46. The molecule has 1 fully saturated rings. The van der Waals surface area contributed by atoms with Crippen molar-refractivity contribution in [3.05, 3.63) is 62.6 Å². The van der Waals surface area contributed by atoms with Gasteiger partial charge in [0.15, 0.2) is 0 Å². The summed E-state index contributed by atoms with van der Waals surface area (Å²) in [5.74, 6) is 0.122. The molecule has 6 nitrogen and oxygen atoms in total. The van der Waals surface area contributed by atoms with Crippen molar-refractivity contribution in [2.24, 2.45) is 7.05 Å². The smallest absolute Gasteiger partial charge is 0.270 e. The molecule has 0 radical (unpaired) electrons. The van der Waals surface area contributed by atoms with Crippen LogP contribution in [0.15, 0.2) is 46.6 Å². The van der Waals surface area contributed by atoms with E-state index in [1.54, 1.807) is 18.4 Å². The molecule has 1 aromatic carbocycles. The van der Waals surface area contributed by atoms with E-state index in [1.807, 2.05) is 46.7 Å². The third-order valence-corrected chi connectivity index (χ3v) is 6.12. The minimum Gasteiger partial charge on any atom is -0.366 e. The minimum atomic E-state index is -0.285. The number of anilines is 1. The molecule has 0 aliphatic carbocycles. The summed E-state index contributed by atoms with van der Waals surface area (Å²) >= 11 is 1.59. The maximum absolute atomic E-state index is 12.7. The molecule has 1 aliphatic rings. The van der Waals surface area contributed by atoms with Gasteiger partial charge in [-0.05, 0) is 17.5 Å². The number of aryl methyl sites for hydroxylation is 1. The first-order chi connectivity index (χ1) is 13.6. The van der Waals surface area contributed by atoms with Gasteiger partial charge in [0, 0.05) is 43.5 Å². The van der Waals surface area contributed by atoms with Gasteiger partial charge in [-0.2, -0.15) is 5.26 Å². The van der Waals surface area contributed by atoms with Crippen LogP contribution in [0.5, 0.6) is 0 Å². The Balaban J connectivity index is 1.61. The van der Waals surface area contributed by atoms with Crippen LogP contribution in [-0.2, 0) is 18.3 Å².